The summed E-state index contributed by atoms with van der Waals surface area (Å²) in [5, 5.41) is 0. The van der Waals surface area contributed by atoms with E-state index in [1.807, 2.05) is 5.57 Å². The Morgan fingerprint density at radius 2 is 1.58 bits per heavy atom. The van der Waals surface area contributed by atoms with Crippen LogP contribution in [0, 0.1) is 45.3 Å². The Balaban J connectivity index is 1.34. The Morgan fingerprint density at radius 3 is 2.26 bits per heavy atom. The van der Waals surface area contributed by atoms with Gasteiger partial charge in [-0.1, -0.05) is 72.0 Å². The average Bonchev–Trinajstić information content (AvgIpc) is 3.16. The van der Waals surface area contributed by atoms with Gasteiger partial charge in [0.05, 0.1) is 0 Å². The molecule has 0 spiro atoms. The number of carbonyl (C=O) groups excluding carboxylic acids is 2. The lowest BCUT2D eigenvalue weighted by Gasteiger charge is -2.62. The van der Waals surface area contributed by atoms with Crippen LogP contribution in [0.3, 0.4) is 0 Å². The van der Waals surface area contributed by atoms with Crippen molar-refractivity contribution in [3.63, 3.8) is 0 Å². The zero-order chi connectivity index (χ0) is 27.5. The number of esters is 1. The second kappa shape index (κ2) is 10.1. The summed E-state index contributed by atoms with van der Waals surface area (Å²) < 4.78 is 5.88. The fourth-order valence-electron chi connectivity index (χ4n) is 11.2. The van der Waals surface area contributed by atoms with Gasteiger partial charge in [0.1, 0.15) is 11.9 Å². The lowest BCUT2D eigenvalue weighted by molar-refractivity contribution is -0.167. The summed E-state index contributed by atoms with van der Waals surface area (Å²) in [5.74, 6) is 2.72. The third-order valence-electron chi connectivity index (χ3n) is 13.7. The molecule has 3 heteroatoms. The molecule has 5 aliphatic carbocycles. The van der Waals surface area contributed by atoms with E-state index in [1.54, 1.807) is 12.5 Å². The Kier molecular flexibility index (Phi) is 7.52. The maximum absolute atomic E-state index is 13.0. The van der Waals surface area contributed by atoms with E-state index in [2.05, 4.69) is 41.5 Å². The molecular formula is C35H56O3. The molecule has 214 valence electrons. The molecule has 3 nitrogen and oxygen atoms in total. The van der Waals surface area contributed by atoms with Gasteiger partial charge in [-0.15, -0.1) is 0 Å². The maximum Gasteiger partial charge on any atom is 0.302 e. The molecule has 0 saturated heterocycles. The fourth-order valence-corrected chi connectivity index (χ4v) is 11.2. The molecule has 3 fully saturated rings. The summed E-state index contributed by atoms with van der Waals surface area (Å²) in [5.41, 5.74) is 4.48. The van der Waals surface area contributed by atoms with Crippen molar-refractivity contribution in [1.29, 1.82) is 0 Å². The number of ether oxygens (including phenoxy) is 1. The molecule has 0 aliphatic heterocycles. The molecule has 0 aromatic carbocycles. The summed E-state index contributed by atoms with van der Waals surface area (Å²) in [7, 11) is 0. The van der Waals surface area contributed by atoms with Gasteiger partial charge in [-0.25, -0.2) is 0 Å². The van der Waals surface area contributed by atoms with Crippen LogP contribution in [-0.4, -0.2) is 17.9 Å². The normalized spacial score (nSPS) is 41.6. The van der Waals surface area contributed by atoms with Crippen LogP contribution in [0.5, 0.6) is 0 Å². The van der Waals surface area contributed by atoms with Crippen LogP contribution in [0.1, 0.15) is 145 Å². The highest BCUT2D eigenvalue weighted by molar-refractivity contribution is 5.81. The summed E-state index contributed by atoms with van der Waals surface area (Å²) in [6.07, 6.45) is 17.8. The monoisotopic (exact) mass is 524 g/mol. The van der Waals surface area contributed by atoms with Crippen molar-refractivity contribution < 1.29 is 14.3 Å². The van der Waals surface area contributed by atoms with Crippen molar-refractivity contribution in [3.8, 4) is 0 Å². The van der Waals surface area contributed by atoms with Gasteiger partial charge in [-0.3, -0.25) is 9.59 Å². The Bertz CT molecular complexity index is 970. The topological polar surface area (TPSA) is 43.4 Å². The molecule has 0 aromatic rings. The lowest BCUT2D eigenvalue weighted by Crippen LogP contribution is -2.55. The van der Waals surface area contributed by atoms with Gasteiger partial charge in [-0.2, -0.15) is 0 Å². The van der Waals surface area contributed by atoms with Crippen molar-refractivity contribution >= 4 is 11.8 Å². The van der Waals surface area contributed by atoms with E-state index in [9.17, 15) is 9.59 Å². The van der Waals surface area contributed by atoms with E-state index in [0.717, 1.165) is 44.4 Å². The number of ketones is 1. The summed E-state index contributed by atoms with van der Waals surface area (Å²) in [4.78, 5) is 24.9. The number of fused-ring (bicyclic) bond motifs is 4. The SMILES string of the molecule is CC(=O)O[C@H]1CC[C@]2(C)C3=C(CC[C@H]2C1(C)C)[C@]1(C)CC[C@H]([C@H](C)CCC(=O)C2CCCCC2)[C@@]1(C)CC3. The van der Waals surface area contributed by atoms with Crippen LogP contribution in [-0.2, 0) is 14.3 Å². The molecule has 38 heavy (non-hydrogen) atoms. The van der Waals surface area contributed by atoms with E-state index in [1.165, 1.54) is 57.8 Å². The van der Waals surface area contributed by atoms with Crippen LogP contribution >= 0.6 is 0 Å². The highest BCUT2D eigenvalue weighted by Crippen LogP contribution is 2.72. The quantitative estimate of drug-likeness (QED) is 0.257. The maximum atomic E-state index is 13.0. The first kappa shape index (κ1) is 28.4. The van der Waals surface area contributed by atoms with Gasteiger partial charge >= 0.3 is 5.97 Å². The van der Waals surface area contributed by atoms with Crippen LogP contribution < -0.4 is 0 Å². The van der Waals surface area contributed by atoms with Crippen LogP contribution in [0.15, 0.2) is 11.1 Å². The van der Waals surface area contributed by atoms with Gasteiger partial charge in [0.2, 0.25) is 0 Å². The second-order valence-corrected chi connectivity index (χ2v) is 15.6. The van der Waals surface area contributed by atoms with E-state index in [4.69, 9.17) is 4.74 Å². The number of allylic oxidation sites excluding steroid dienone is 2. The summed E-state index contributed by atoms with van der Waals surface area (Å²) in [6, 6.07) is 0. The van der Waals surface area contributed by atoms with E-state index in [0.29, 0.717) is 29.0 Å². The predicted molar refractivity (Wildman–Crippen MR) is 155 cm³/mol. The first-order valence-electron chi connectivity index (χ1n) is 16.3. The van der Waals surface area contributed by atoms with Gasteiger partial charge < -0.3 is 4.74 Å². The molecule has 0 bridgehead atoms. The Morgan fingerprint density at radius 1 is 0.868 bits per heavy atom. The highest BCUT2D eigenvalue weighted by Gasteiger charge is 2.63. The number of Topliss-reactive ketones (excluding diaryl/α,β-unsaturated/α-hetero) is 1. The second-order valence-electron chi connectivity index (χ2n) is 15.6. The minimum Gasteiger partial charge on any atom is -0.462 e. The summed E-state index contributed by atoms with van der Waals surface area (Å²) >= 11 is 0. The molecule has 7 atom stereocenters. The molecule has 0 radical (unpaired) electrons. The molecule has 0 N–H and O–H groups in total. The Labute approximate surface area is 233 Å². The standard InChI is InChI=1S/C35H56O3/c1-23(13-15-29(37)25-11-9-8-10-12-25)26-17-21-35(7)28-14-16-30-32(3,4)31(38-24(2)36)19-20-33(30,5)27(28)18-22-34(26,35)6/h23,25-26,30-31H,8-22H2,1-7H3/t23-,26-,30+,31+,33-,34-,35+/m1/s1. The zero-order valence-electron chi connectivity index (χ0n) is 25.7. The van der Waals surface area contributed by atoms with Crippen molar-refractivity contribution in [2.45, 2.75) is 151 Å². The molecular weight excluding hydrogens is 468 g/mol. The van der Waals surface area contributed by atoms with E-state index < -0.39 is 0 Å². The number of rotatable bonds is 6. The third-order valence-corrected chi connectivity index (χ3v) is 13.7. The smallest absolute Gasteiger partial charge is 0.302 e. The molecule has 0 unspecified atom stereocenters. The van der Waals surface area contributed by atoms with Crippen molar-refractivity contribution in [1.82, 2.24) is 0 Å². The largest absolute Gasteiger partial charge is 0.462 e. The Hall–Kier alpha value is -1.12. The molecule has 0 aromatic heterocycles. The van der Waals surface area contributed by atoms with Crippen LogP contribution in [0.25, 0.3) is 0 Å². The first-order chi connectivity index (χ1) is 17.8. The predicted octanol–water partition coefficient (Wildman–Crippen LogP) is 9.23. The third kappa shape index (κ3) is 4.36. The lowest BCUT2D eigenvalue weighted by atomic mass is 9.43. The average molecular weight is 525 g/mol. The molecule has 0 amide bonds. The van der Waals surface area contributed by atoms with Gasteiger partial charge in [0.25, 0.3) is 0 Å². The van der Waals surface area contributed by atoms with Crippen molar-refractivity contribution in [2.75, 3.05) is 0 Å². The minimum absolute atomic E-state index is 0.0104. The molecule has 5 rings (SSSR count). The molecule has 3 saturated carbocycles. The van der Waals surface area contributed by atoms with Gasteiger partial charge in [-0.05, 0) is 105 Å². The van der Waals surface area contributed by atoms with Crippen molar-refractivity contribution in [3.05, 3.63) is 11.1 Å². The number of carbonyl (C=O) groups is 2. The van der Waals surface area contributed by atoms with Gasteiger partial charge in [0.15, 0.2) is 0 Å². The fraction of sp³-hybridized carbons (Fsp3) is 0.886. The summed E-state index contributed by atoms with van der Waals surface area (Å²) in [6.45, 7) is 16.6. The number of hydrogen-bond acceptors (Lipinski definition) is 3. The van der Waals surface area contributed by atoms with Crippen molar-refractivity contribution in [2.24, 2.45) is 45.3 Å². The van der Waals surface area contributed by atoms with E-state index in [-0.39, 0.29) is 28.3 Å². The minimum atomic E-state index is -0.130. The first-order valence-corrected chi connectivity index (χ1v) is 16.3. The molecule has 0 heterocycles. The van der Waals surface area contributed by atoms with Crippen LogP contribution in [0.4, 0.5) is 0 Å². The molecule has 5 aliphatic rings. The van der Waals surface area contributed by atoms with Crippen LogP contribution in [0.2, 0.25) is 0 Å². The van der Waals surface area contributed by atoms with Gasteiger partial charge in [0, 0.05) is 24.7 Å². The number of hydrogen-bond donors (Lipinski definition) is 0. The van der Waals surface area contributed by atoms with E-state index >= 15 is 0 Å². The zero-order valence-corrected chi connectivity index (χ0v) is 25.7. The highest BCUT2D eigenvalue weighted by atomic mass is 16.5.